The van der Waals surface area contributed by atoms with Gasteiger partial charge in [0.05, 0.1) is 24.7 Å². The zero-order valence-corrected chi connectivity index (χ0v) is 15.3. The smallest absolute Gasteiger partial charge is 0.270 e. The highest BCUT2D eigenvalue weighted by Crippen LogP contribution is 2.24. The predicted octanol–water partition coefficient (Wildman–Crippen LogP) is 3.54. The number of ether oxygens (including phenoxy) is 1. The third kappa shape index (κ3) is 3.10. The van der Waals surface area contributed by atoms with E-state index >= 15 is 0 Å². The summed E-state index contributed by atoms with van der Waals surface area (Å²) in [4.78, 5) is 21.7. The molecule has 2 aromatic heterocycles. The summed E-state index contributed by atoms with van der Waals surface area (Å²) in [5.74, 6) is 1.01. The fourth-order valence-corrected chi connectivity index (χ4v) is 3.30. The summed E-state index contributed by atoms with van der Waals surface area (Å²) in [6, 6.07) is 17.4. The van der Waals surface area contributed by atoms with Crippen molar-refractivity contribution in [3.63, 3.8) is 0 Å². The number of carbonyl (C=O) groups excluding carboxylic acids is 1. The van der Waals surface area contributed by atoms with Gasteiger partial charge in [-0.3, -0.25) is 4.79 Å². The van der Waals surface area contributed by atoms with E-state index in [1.165, 1.54) is 0 Å². The predicted molar refractivity (Wildman–Crippen MR) is 105 cm³/mol. The fourth-order valence-electron chi connectivity index (χ4n) is 3.30. The number of rotatable bonds is 5. The van der Waals surface area contributed by atoms with Gasteiger partial charge < -0.3 is 14.6 Å². The Labute approximate surface area is 156 Å². The number of amides is 1. The van der Waals surface area contributed by atoms with Crippen LogP contribution in [-0.2, 0) is 13.1 Å². The van der Waals surface area contributed by atoms with Crippen LogP contribution < -0.4 is 10.1 Å². The lowest BCUT2D eigenvalue weighted by molar-refractivity contribution is 0.0944. The molecule has 0 aliphatic rings. The average Bonchev–Trinajstić information content (AvgIpc) is 3.08. The van der Waals surface area contributed by atoms with Crippen LogP contribution >= 0.6 is 0 Å². The molecular weight excluding hydrogens is 340 g/mol. The van der Waals surface area contributed by atoms with Crippen LogP contribution in [0.15, 0.2) is 54.6 Å². The molecule has 0 fully saturated rings. The summed E-state index contributed by atoms with van der Waals surface area (Å²) in [7, 11) is 1.56. The molecule has 0 aliphatic carbocycles. The standard InChI is InChI=1S/C21H20N4O2/c1-3-25-18-11-7-6-10-16(18)23-19(25)13-22-20(26)17-12-14-8-4-5-9-15(14)21(24-17)27-2/h4-12H,3,13H2,1-2H3,(H,22,26). The second-order valence-corrected chi connectivity index (χ2v) is 6.18. The lowest BCUT2D eigenvalue weighted by Crippen LogP contribution is -2.25. The Balaban J connectivity index is 1.61. The number of aryl methyl sites for hydroxylation is 1. The number of methoxy groups -OCH3 is 1. The lowest BCUT2D eigenvalue weighted by Gasteiger charge is -2.10. The summed E-state index contributed by atoms with van der Waals surface area (Å²) in [6.45, 7) is 3.18. The maximum Gasteiger partial charge on any atom is 0.270 e. The fraction of sp³-hybridized carbons (Fsp3) is 0.190. The highest BCUT2D eigenvalue weighted by Gasteiger charge is 2.14. The topological polar surface area (TPSA) is 69.0 Å². The van der Waals surface area contributed by atoms with Gasteiger partial charge in [-0.25, -0.2) is 9.97 Å². The van der Waals surface area contributed by atoms with Crippen molar-refractivity contribution in [2.75, 3.05) is 7.11 Å². The molecule has 27 heavy (non-hydrogen) atoms. The van der Waals surface area contributed by atoms with Crippen molar-refractivity contribution < 1.29 is 9.53 Å². The second-order valence-electron chi connectivity index (χ2n) is 6.18. The molecule has 6 heteroatoms. The van der Waals surface area contributed by atoms with Crippen molar-refractivity contribution >= 4 is 27.7 Å². The number of carbonyl (C=O) groups is 1. The number of para-hydroxylation sites is 2. The summed E-state index contributed by atoms with van der Waals surface area (Å²) in [6.07, 6.45) is 0. The van der Waals surface area contributed by atoms with Crippen LogP contribution in [0.2, 0.25) is 0 Å². The van der Waals surface area contributed by atoms with Crippen LogP contribution in [-0.4, -0.2) is 27.6 Å². The van der Waals surface area contributed by atoms with E-state index in [4.69, 9.17) is 4.74 Å². The summed E-state index contributed by atoms with van der Waals surface area (Å²) in [5, 5.41) is 4.72. The first-order chi connectivity index (χ1) is 13.2. The quantitative estimate of drug-likeness (QED) is 0.591. The van der Waals surface area contributed by atoms with Crippen LogP contribution in [0.3, 0.4) is 0 Å². The molecule has 4 aromatic rings. The summed E-state index contributed by atoms with van der Waals surface area (Å²) >= 11 is 0. The molecular formula is C21H20N4O2. The van der Waals surface area contributed by atoms with Gasteiger partial charge >= 0.3 is 0 Å². The Morgan fingerprint density at radius 2 is 1.89 bits per heavy atom. The van der Waals surface area contributed by atoms with Crippen LogP contribution in [0.25, 0.3) is 21.8 Å². The molecule has 4 rings (SSSR count). The number of aromatic nitrogens is 3. The first-order valence-electron chi connectivity index (χ1n) is 8.87. The normalized spacial score (nSPS) is 11.0. The molecule has 2 aromatic carbocycles. The number of benzene rings is 2. The van der Waals surface area contributed by atoms with Crippen LogP contribution in [0, 0.1) is 0 Å². The number of fused-ring (bicyclic) bond motifs is 2. The minimum Gasteiger partial charge on any atom is -0.481 e. The molecule has 0 atom stereocenters. The number of hydrogen-bond donors (Lipinski definition) is 1. The monoisotopic (exact) mass is 360 g/mol. The van der Waals surface area contributed by atoms with Gasteiger partial charge in [0.25, 0.3) is 5.91 Å². The maximum atomic E-state index is 12.7. The van der Waals surface area contributed by atoms with E-state index in [1.54, 1.807) is 13.2 Å². The van der Waals surface area contributed by atoms with E-state index in [0.717, 1.165) is 34.2 Å². The molecule has 6 nitrogen and oxygen atoms in total. The average molecular weight is 360 g/mol. The minimum atomic E-state index is -0.256. The molecule has 0 radical (unpaired) electrons. The zero-order valence-electron chi connectivity index (χ0n) is 15.3. The third-order valence-corrected chi connectivity index (χ3v) is 4.59. The Kier molecular flexibility index (Phi) is 4.46. The van der Waals surface area contributed by atoms with Gasteiger partial charge in [0.15, 0.2) is 0 Å². The lowest BCUT2D eigenvalue weighted by atomic mass is 10.1. The third-order valence-electron chi connectivity index (χ3n) is 4.59. The molecule has 1 amide bonds. The van der Waals surface area contributed by atoms with Crippen molar-refractivity contribution in [1.29, 1.82) is 0 Å². The molecule has 0 saturated carbocycles. The molecule has 1 N–H and O–H groups in total. The van der Waals surface area contributed by atoms with E-state index in [0.29, 0.717) is 18.1 Å². The summed E-state index contributed by atoms with van der Waals surface area (Å²) < 4.78 is 7.45. The number of pyridine rings is 1. The Bertz CT molecular complexity index is 1130. The largest absolute Gasteiger partial charge is 0.481 e. The van der Waals surface area contributed by atoms with Gasteiger partial charge in [0.1, 0.15) is 11.5 Å². The molecule has 0 bridgehead atoms. The highest BCUT2D eigenvalue weighted by atomic mass is 16.5. The van der Waals surface area contributed by atoms with Crippen molar-refractivity contribution in [2.45, 2.75) is 20.0 Å². The molecule has 0 unspecified atom stereocenters. The molecule has 0 aliphatic heterocycles. The number of hydrogen-bond acceptors (Lipinski definition) is 4. The van der Waals surface area contributed by atoms with Crippen LogP contribution in [0.5, 0.6) is 5.88 Å². The minimum absolute atomic E-state index is 0.256. The van der Waals surface area contributed by atoms with E-state index in [-0.39, 0.29) is 5.91 Å². The highest BCUT2D eigenvalue weighted by molar-refractivity contribution is 5.98. The van der Waals surface area contributed by atoms with Crippen LogP contribution in [0.4, 0.5) is 0 Å². The molecule has 0 saturated heterocycles. The van der Waals surface area contributed by atoms with Crippen molar-refractivity contribution in [3.05, 3.63) is 66.1 Å². The second kappa shape index (κ2) is 7.07. The van der Waals surface area contributed by atoms with E-state index < -0.39 is 0 Å². The van der Waals surface area contributed by atoms with Crippen LogP contribution in [0.1, 0.15) is 23.2 Å². The van der Waals surface area contributed by atoms with Crippen molar-refractivity contribution in [2.24, 2.45) is 0 Å². The first kappa shape index (κ1) is 17.0. The number of nitrogens with zero attached hydrogens (tertiary/aromatic N) is 3. The van der Waals surface area contributed by atoms with Gasteiger partial charge in [-0.05, 0) is 36.6 Å². The Morgan fingerprint density at radius 3 is 2.70 bits per heavy atom. The van der Waals surface area contributed by atoms with Gasteiger partial charge in [0, 0.05) is 11.9 Å². The number of imidazole rings is 1. The first-order valence-corrected chi connectivity index (χ1v) is 8.87. The van der Waals surface area contributed by atoms with E-state index in [9.17, 15) is 4.79 Å². The number of nitrogens with one attached hydrogen (secondary N) is 1. The van der Waals surface area contributed by atoms with Crippen molar-refractivity contribution in [1.82, 2.24) is 19.9 Å². The Hall–Kier alpha value is -3.41. The van der Waals surface area contributed by atoms with Gasteiger partial charge in [-0.2, -0.15) is 0 Å². The van der Waals surface area contributed by atoms with Crippen molar-refractivity contribution in [3.8, 4) is 5.88 Å². The van der Waals surface area contributed by atoms with E-state index in [2.05, 4.69) is 26.8 Å². The SMILES string of the molecule is CCn1c(CNC(=O)c2cc3ccccc3c(OC)n2)nc2ccccc21. The van der Waals surface area contributed by atoms with Gasteiger partial charge in [-0.15, -0.1) is 0 Å². The Morgan fingerprint density at radius 1 is 1.11 bits per heavy atom. The maximum absolute atomic E-state index is 12.7. The zero-order chi connectivity index (χ0) is 18.8. The van der Waals surface area contributed by atoms with Gasteiger partial charge in [-0.1, -0.05) is 30.3 Å². The molecule has 0 spiro atoms. The van der Waals surface area contributed by atoms with E-state index in [1.807, 2.05) is 48.5 Å². The molecule has 2 heterocycles. The molecule has 136 valence electrons. The summed E-state index contributed by atoms with van der Waals surface area (Å²) in [5.41, 5.74) is 2.31. The van der Waals surface area contributed by atoms with Gasteiger partial charge in [0.2, 0.25) is 5.88 Å².